The van der Waals surface area contributed by atoms with Crippen LogP contribution in [0.1, 0.15) is 13.3 Å². The summed E-state index contributed by atoms with van der Waals surface area (Å²) in [5, 5.41) is 11.4. The topological polar surface area (TPSA) is 56.1 Å². The molecule has 122 valence electrons. The van der Waals surface area contributed by atoms with Gasteiger partial charge in [0, 0.05) is 12.2 Å². The van der Waals surface area contributed by atoms with Gasteiger partial charge in [-0.25, -0.2) is 0 Å². The normalized spacial score (nSPS) is 19.8. The van der Waals surface area contributed by atoms with E-state index in [0.717, 1.165) is 29.8 Å². The number of amides is 1. The smallest absolute Gasteiger partial charge is 0.243 e. The Labute approximate surface area is 142 Å². The highest BCUT2D eigenvalue weighted by Gasteiger charge is 2.34. The molecule has 1 amide bonds. The lowest BCUT2D eigenvalue weighted by Crippen LogP contribution is -2.43. The van der Waals surface area contributed by atoms with Crippen LogP contribution in [-0.2, 0) is 4.79 Å². The summed E-state index contributed by atoms with van der Waals surface area (Å²) in [4.78, 5) is 14.5. The summed E-state index contributed by atoms with van der Waals surface area (Å²) < 4.78 is 0. The van der Waals surface area contributed by atoms with Crippen molar-refractivity contribution in [3.8, 4) is 17.2 Å². The monoisotopic (exact) mass is 319 g/mol. The molecule has 4 heteroatoms. The number of anilines is 1. The standard InChI is InChI=1S/C20H21N3O/c1-15-12-19(20(24)22-11-10-21)23(14-15)18-9-5-8-17(13-18)16-6-3-2-4-7-16/h2-9,13,15,19H,11-12,14H2,1H3,(H,22,24)/t15?,19-/m0/s1. The van der Waals surface area contributed by atoms with E-state index in [0.29, 0.717) is 5.92 Å². The number of carbonyl (C=O) groups is 1. The number of hydrogen-bond donors (Lipinski definition) is 1. The quantitative estimate of drug-likeness (QED) is 0.880. The summed E-state index contributed by atoms with van der Waals surface area (Å²) in [6.07, 6.45) is 0.812. The van der Waals surface area contributed by atoms with Crippen LogP contribution in [0.25, 0.3) is 11.1 Å². The van der Waals surface area contributed by atoms with Crippen molar-refractivity contribution in [2.45, 2.75) is 19.4 Å². The van der Waals surface area contributed by atoms with Crippen LogP contribution in [0, 0.1) is 17.2 Å². The van der Waals surface area contributed by atoms with Crippen LogP contribution in [0.15, 0.2) is 54.6 Å². The van der Waals surface area contributed by atoms with Crippen LogP contribution in [0.5, 0.6) is 0 Å². The SMILES string of the molecule is CC1C[C@@H](C(=O)NCC#N)N(c2cccc(-c3ccccc3)c2)C1. The summed E-state index contributed by atoms with van der Waals surface area (Å²) in [5.41, 5.74) is 3.36. The van der Waals surface area contributed by atoms with Crippen LogP contribution < -0.4 is 10.2 Å². The molecule has 0 aliphatic carbocycles. The second-order valence-electron chi connectivity index (χ2n) is 6.30. The first-order valence-electron chi connectivity index (χ1n) is 8.26. The van der Waals surface area contributed by atoms with Gasteiger partial charge >= 0.3 is 0 Å². The average molecular weight is 319 g/mol. The second kappa shape index (κ2) is 7.18. The van der Waals surface area contributed by atoms with Crippen LogP contribution in [-0.4, -0.2) is 25.0 Å². The van der Waals surface area contributed by atoms with E-state index in [9.17, 15) is 4.79 Å². The van der Waals surface area contributed by atoms with Gasteiger partial charge in [-0.05, 0) is 35.6 Å². The molecule has 0 bridgehead atoms. The van der Waals surface area contributed by atoms with Crippen molar-refractivity contribution in [1.82, 2.24) is 5.32 Å². The maximum absolute atomic E-state index is 12.4. The number of hydrogen-bond acceptors (Lipinski definition) is 3. The zero-order valence-corrected chi connectivity index (χ0v) is 13.8. The lowest BCUT2D eigenvalue weighted by Gasteiger charge is -2.26. The lowest BCUT2D eigenvalue weighted by atomic mass is 10.0. The van der Waals surface area contributed by atoms with Crippen LogP contribution >= 0.6 is 0 Å². The van der Waals surface area contributed by atoms with Gasteiger partial charge in [-0.3, -0.25) is 4.79 Å². The van der Waals surface area contributed by atoms with Crippen molar-refractivity contribution < 1.29 is 4.79 Å². The van der Waals surface area contributed by atoms with Gasteiger partial charge in [0.15, 0.2) is 0 Å². The zero-order valence-electron chi connectivity index (χ0n) is 13.8. The third kappa shape index (κ3) is 3.41. The lowest BCUT2D eigenvalue weighted by molar-refractivity contribution is -0.122. The van der Waals surface area contributed by atoms with E-state index < -0.39 is 0 Å². The first kappa shape index (κ1) is 16.1. The summed E-state index contributed by atoms with van der Waals surface area (Å²) >= 11 is 0. The Bertz CT molecular complexity index is 751. The minimum atomic E-state index is -0.209. The largest absolute Gasteiger partial charge is 0.359 e. The number of nitriles is 1. The fourth-order valence-corrected chi connectivity index (χ4v) is 3.32. The molecule has 0 saturated carbocycles. The highest BCUT2D eigenvalue weighted by atomic mass is 16.2. The van der Waals surface area contributed by atoms with Gasteiger partial charge in [0.2, 0.25) is 5.91 Å². The van der Waals surface area contributed by atoms with Crippen molar-refractivity contribution in [2.24, 2.45) is 5.92 Å². The van der Waals surface area contributed by atoms with Crippen molar-refractivity contribution in [2.75, 3.05) is 18.0 Å². The molecule has 1 aliphatic heterocycles. The number of rotatable bonds is 4. The fourth-order valence-electron chi connectivity index (χ4n) is 3.32. The first-order chi connectivity index (χ1) is 11.7. The molecular formula is C20H21N3O. The molecule has 1 heterocycles. The molecule has 2 aromatic carbocycles. The summed E-state index contributed by atoms with van der Waals surface area (Å²) in [7, 11) is 0. The predicted molar refractivity (Wildman–Crippen MR) is 95.4 cm³/mol. The maximum Gasteiger partial charge on any atom is 0.243 e. The van der Waals surface area contributed by atoms with Crippen molar-refractivity contribution in [1.29, 1.82) is 5.26 Å². The number of carbonyl (C=O) groups excluding carboxylic acids is 1. The number of benzene rings is 2. The Balaban J connectivity index is 1.87. The van der Waals surface area contributed by atoms with Crippen LogP contribution in [0.4, 0.5) is 5.69 Å². The molecule has 3 rings (SSSR count). The van der Waals surface area contributed by atoms with Crippen LogP contribution in [0.3, 0.4) is 0 Å². The van der Waals surface area contributed by atoms with E-state index >= 15 is 0 Å². The summed E-state index contributed by atoms with van der Waals surface area (Å²) in [6.45, 7) is 3.07. The van der Waals surface area contributed by atoms with Gasteiger partial charge in [-0.15, -0.1) is 0 Å². The molecular weight excluding hydrogens is 298 g/mol. The second-order valence-corrected chi connectivity index (χ2v) is 6.30. The molecule has 1 saturated heterocycles. The summed E-state index contributed by atoms with van der Waals surface area (Å²) in [6, 6.07) is 20.3. The van der Waals surface area contributed by atoms with E-state index in [-0.39, 0.29) is 18.5 Å². The highest BCUT2D eigenvalue weighted by molar-refractivity contribution is 5.86. The molecule has 24 heavy (non-hydrogen) atoms. The molecule has 0 spiro atoms. The molecule has 0 aromatic heterocycles. The van der Waals surface area contributed by atoms with Crippen molar-refractivity contribution in [3.05, 3.63) is 54.6 Å². The first-order valence-corrected chi connectivity index (χ1v) is 8.26. The Kier molecular flexibility index (Phi) is 4.81. The van der Waals surface area contributed by atoms with Gasteiger partial charge in [-0.1, -0.05) is 49.4 Å². The minimum absolute atomic E-state index is 0.0572. The molecule has 1 N–H and O–H groups in total. The van der Waals surface area contributed by atoms with E-state index in [1.54, 1.807) is 0 Å². The molecule has 0 radical (unpaired) electrons. The van der Waals surface area contributed by atoms with E-state index in [2.05, 4.69) is 47.5 Å². The highest BCUT2D eigenvalue weighted by Crippen LogP contribution is 2.32. The molecule has 1 aliphatic rings. The maximum atomic E-state index is 12.4. The van der Waals surface area contributed by atoms with Crippen LogP contribution in [0.2, 0.25) is 0 Å². The van der Waals surface area contributed by atoms with Gasteiger partial charge in [0.1, 0.15) is 12.6 Å². The predicted octanol–water partition coefficient (Wildman–Crippen LogP) is 3.21. The molecule has 2 atom stereocenters. The molecule has 1 fully saturated rings. The van der Waals surface area contributed by atoms with E-state index in [1.165, 1.54) is 0 Å². The van der Waals surface area contributed by atoms with E-state index in [1.807, 2.05) is 30.3 Å². The van der Waals surface area contributed by atoms with E-state index in [4.69, 9.17) is 5.26 Å². The minimum Gasteiger partial charge on any atom is -0.359 e. The Morgan fingerprint density at radius 2 is 1.96 bits per heavy atom. The molecule has 1 unspecified atom stereocenters. The third-order valence-corrected chi connectivity index (χ3v) is 4.44. The van der Waals surface area contributed by atoms with Gasteiger partial charge in [-0.2, -0.15) is 5.26 Å². The molecule has 4 nitrogen and oxygen atoms in total. The Morgan fingerprint density at radius 1 is 1.21 bits per heavy atom. The Hall–Kier alpha value is -2.80. The number of nitrogens with zero attached hydrogens (tertiary/aromatic N) is 2. The molecule has 2 aromatic rings. The van der Waals surface area contributed by atoms with Crippen molar-refractivity contribution in [3.63, 3.8) is 0 Å². The number of nitrogens with one attached hydrogen (secondary N) is 1. The fraction of sp³-hybridized carbons (Fsp3) is 0.300. The Morgan fingerprint density at radius 3 is 2.71 bits per heavy atom. The van der Waals surface area contributed by atoms with Gasteiger partial charge < -0.3 is 10.2 Å². The van der Waals surface area contributed by atoms with Gasteiger partial charge in [0.05, 0.1) is 6.07 Å². The summed E-state index contributed by atoms with van der Waals surface area (Å²) in [5.74, 6) is 0.384. The third-order valence-electron chi connectivity index (χ3n) is 4.44. The zero-order chi connectivity index (χ0) is 16.9. The average Bonchev–Trinajstić information content (AvgIpc) is 3.02. The van der Waals surface area contributed by atoms with Crippen molar-refractivity contribution >= 4 is 11.6 Å². The van der Waals surface area contributed by atoms with Gasteiger partial charge in [0.25, 0.3) is 0 Å².